The fraction of sp³-hybridized carbons (Fsp3) is 0.200. The predicted molar refractivity (Wildman–Crippen MR) is 60.8 cm³/mol. The van der Waals surface area contributed by atoms with Gasteiger partial charge in [-0.05, 0) is 0 Å². The summed E-state index contributed by atoms with van der Waals surface area (Å²) in [6.07, 6.45) is 0. The van der Waals surface area contributed by atoms with Crippen LogP contribution in [-0.2, 0) is 0 Å². The first-order valence-electron chi connectivity index (χ1n) is 4.54. The van der Waals surface area contributed by atoms with Crippen LogP contribution >= 0.6 is 0 Å². The van der Waals surface area contributed by atoms with Gasteiger partial charge in [0.25, 0.3) is 0 Å². The molecule has 1 rings (SSSR count). The zero-order valence-corrected chi connectivity index (χ0v) is 10.6. The van der Waals surface area contributed by atoms with Gasteiger partial charge in [-0.1, -0.05) is 0 Å². The van der Waals surface area contributed by atoms with Gasteiger partial charge < -0.3 is 0 Å². The fourth-order valence-electron chi connectivity index (χ4n) is 1.26. The molecular formula is C10H12N2O3Se. The Kier molecular flexibility index (Phi) is 4.49. The van der Waals surface area contributed by atoms with Crippen LogP contribution in [0.15, 0.2) is 18.2 Å². The number of benzene rings is 1. The number of hydrogen-bond acceptors (Lipinski definition) is 3. The molecule has 0 aromatic heterocycles. The standard InChI is InChI=1S/C10H12N2O3Se/c1-11-9(13)6-4-3-5-7(8(6)16-15)10(14)12-2/h3-5,15H,1-2H3,(H,11,13)(H,12,14). The molecule has 16 heavy (non-hydrogen) atoms. The maximum absolute atomic E-state index is 11.5. The second-order valence-electron chi connectivity index (χ2n) is 2.93. The molecule has 0 bridgehead atoms. The van der Waals surface area contributed by atoms with Crippen molar-refractivity contribution in [3.8, 4) is 0 Å². The Balaban J connectivity index is 3.31. The minimum atomic E-state index is -0.912. The molecule has 0 spiro atoms. The molecule has 0 saturated carbocycles. The van der Waals surface area contributed by atoms with E-state index < -0.39 is 15.3 Å². The summed E-state index contributed by atoms with van der Waals surface area (Å²) >= 11 is -0.912. The van der Waals surface area contributed by atoms with Crippen molar-refractivity contribution >= 4 is 31.6 Å². The van der Waals surface area contributed by atoms with E-state index in [4.69, 9.17) is 0 Å². The van der Waals surface area contributed by atoms with Gasteiger partial charge in [0.1, 0.15) is 0 Å². The third-order valence-electron chi connectivity index (χ3n) is 2.05. The maximum atomic E-state index is 11.5. The molecule has 3 N–H and O–H groups in total. The molecule has 0 saturated heterocycles. The SMILES string of the molecule is CNC(=O)c1cccc(C(=O)NC)c1[Se]O. The van der Waals surface area contributed by atoms with Gasteiger partial charge in [0, 0.05) is 0 Å². The first-order chi connectivity index (χ1) is 7.65. The van der Waals surface area contributed by atoms with E-state index in [1.54, 1.807) is 18.2 Å². The number of carbonyl (C=O) groups is 2. The molecular weight excluding hydrogens is 275 g/mol. The normalized spacial score (nSPS) is 9.69. The number of nitrogens with one attached hydrogen (secondary N) is 2. The van der Waals surface area contributed by atoms with Crippen LogP contribution in [0.4, 0.5) is 0 Å². The molecule has 0 aliphatic heterocycles. The quantitative estimate of drug-likeness (QED) is 0.601. The van der Waals surface area contributed by atoms with Crippen LogP contribution in [0.5, 0.6) is 0 Å². The van der Waals surface area contributed by atoms with Gasteiger partial charge in [-0.25, -0.2) is 0 Å². The molecule has 1 aromatic rings. The first kappa shape index (κ1) is 12.7. The molecule has 0 radical (unpaired) electrons. The van der Waals surface area contributed by atoms with E-state index in [-0.39, 0.29) is 11.8 Å². The van der Waals surface area contributed by atoms with Gasteiger partial charge in [0.2, 0.25) is 0 Å². The van der Waals surface area contributed by atoms with E-state index in [1.807, 2.05) is 0 Å². The second-order valence-corrected chi connectivity index (χ2v) is 4.17. The fourth-order valence-corrected chi connectivity index (χ4v) is 2.35. The molecule has 2 amide bonds. The Bertz CT molecular complexity index is 386. The Morgan fingerprint density at radius 2 is 1.56 bits per heavy atom. The third kappa shape index (κ3) is 2.41. The van der Waals surface area contributed by atoms with Crippen LogP contribution in [0.1, 0.15) is 20.7 Å². The Morgan fingerprint density at radius 1 is 1.12 bits per heavy atom. The van der Waals surface area contributed by atoms with Crippen LogP contribution < -0.4 is 15.1 Å². The topological polar surface area (TPSA) is 78.4 Å². The molecule has 0 heterocycles. The Labute approximate surface area is 99.7 Å². The molecule has 5 nitrogen and oxygen atoms in total. The monoisotopic (exact) mass is 288 g/mol. The predicted octanol–water partition coefficient (Wildman–Crippen LogP) is -1.36. The van der Waals surface area contributed by atoms with Crippen molar-refractivity contribution in [2.75, 3.05) is 14.1 Å². The minimum absolute atomic E-state index is 0.309. The summed E-state index contributed by atoms with van der Waals surface area (Å²) in [5.74, 6) is -0.617. The Morgan fingerprint density at radius 3 is 1.88 bits per heavy atom. The molecule has 0 fully saturated rings. The molecule has 0 atom stereocenters. The number of rotatable bonds is 3. The summed E-state index contributed by atoms with van der Waals surface area (Å²) in [6.45, 7) is 0. The molecule has 6 heteroatoms. The average Bonchev–Trinajstić information content (AvgIpc) is 2.35. The zero-order chi connectivity index (χ0) is 12.1. The zero-order valence-electron chi connectivity index (χ0n) is 8.90. The van der Waals surface area contributed by atoms with Crippen LogP contribution in [0.2, 0.25) is 0 Å². The summed E-state index contributed by atoms with van der Waals surface area (Å²) < 4.78 is 9.69. The van der Waals surface area contributed by atoms with Gasteiger partial charge in [0.15, 0.2) is 0 Å². The average molecular weight is 287 g/mol. The van der Waals surface area contributed by atoms with Crippen molar-refractivity contribution in [2.45, 2.75) is 0 Å². The summed E-state index contributed by atoms with van der Waals surface area (Å²) in [7, 11) is 3.01. The van der Waals surface area contributed by atoms with Crippen LogP contribution in [0.3, 0.4) is 0 Å². The molecule has 86 valence electrons. The van der Waals surface area contributed by atoms with Crippen molar-refractivity contribution in [3.63, 3.8) is 0 Å². The van der Waals surface area contributed by atoms with Gasteiger partial charge >= 0.3 is 99.4 Å². The Hall–Kier alpha value is -1.36. The van der Waals surface area contributed by atoms with E-state index in [0.29, 0.717) is 15.6 Å². The molecule has 0 aliphatic carbocycles. The van der Waals surface area contributed by atoms with Crippen LogP contribution in [0, 0.1) is 0 Å². The second kappa shape index (κ2) is 5.65. The molecule has 0 unspecified atom stereocenters. The summed E-state index contributed by atoms with van der Waals surface area (Å²) in [5.41, 5.74) is 0.678. The van der Waals surface area contributed by atoms with E-state index in [2.05, 4.69) is 10.6 Å². The molecule has 0 aliphatic rings. The van der Waals surface area contributed by atoms with E-state index in [1.165, 1.54) is 14.1 Å². The van der Waals surface area contributed by atoms with E-state index in [9.17, 15) is 13.8 Å². The molecule has 1 aromatic carbocycles. The number of amides is 2. The van der Waals surface area contributed by atoms with Gasteiger partial charge in [-0.15, -0.1) is 0 Å². The van der Waals surface area contributed by atoms with E-state index in [0.717, 1.165) is 0 Å². The van der Waals surface area contributed by atoms with Crippen molar-refractivity contribution < 1.29 is 13.8 Å². The summed E-state index contributed by atoms with van der Waals surface area (Å²) in [6, 6.07) is 4.78. The van der Waals surface area contributed by atoms with E-state index >= 15 is 0 Å². The number of hydrogen-bond donors (Lipinski definition) is 3. The van der Waals surface area contributed by atoms with Crippen molar-refractivity contribution in [1.29, 1.82) is 0 Å². The first-order valence-corrected chi connectivity index (χ1v) is 6.16. The van der Waals surface area contributed by atoms with Crippen molar-refractivity contribution in [2.24, 2.45) is 0 Å². The van der Waals surface area contributed by atoms with Crippen LogP contribution in [0.25, 0.3) is 0 Å². The van der Waals surface area contributed by atoms with Gasteiger partial charge in [-0.2, -0.15) is 0 Å². The number of carbonyl (C=O) groups excluding carboxylic acids is 2. The third-order valence-corrected chi connectivity index (χ3v) is 3.36. The van der Waals surface area contributed by atoms with Gasteiger partial charge in [-0.3, -0.25) is 0 Å². The van der Waals surface area contributed by atoms with Crippen molar-refractivity contribution in [1.82, 2.24) is 10.6 Å². The van der Waals surface area contributed by atoms with Crippen LogP contribution in [-0.4, -0.2) is 45.4 Å². The summed E-state index contributed by atoms with van der Waals surface area (Å²) in [4.78, 5) is 23.0. The summed E-state index contributed by atoms with van der Waals surface area (Å²) in [5, 5.41) is 4.94. The van der Waals surface area contributed by atoms with Crippen molar-refractivity contribution in [3.05, 3.63) is 29.3 Å². The van der Waals surface area contributed by atoms with Gasteiger partial charge in [0.05, 0.1) is 0 Å².